The van der Waals surface area contributed by atoms with Crippen molar-refractivity contribution in [2.75, 3.05) is 5.32 Å². The Hall–Kier alpha value is -3.89. The molecule has 188 valence electrons. The third-order valence-electron chi connectivity index (χ3n) is 6.03. The van der Waals surface area contributed by atoms with Gasteiger partial charge in [-0.25, -0.2) is 9.18 Å². The van der Waals surface area contributed by atoms with E-state index >= 15 is 0 Å². The molecular formula is C25H18F6N2O3. The molecule has 1 fully saturated rings. The lowest BCUT2D eigenvalue weighted by Crippen LogP contribution is -2.29. The number of aromatic carboxylic acids is 1. The number of nitrogens with zero attached hydrogens (tertiary/aromatic N) is 1. The summed E-state index contributed by atoms with van der Waals surface area (Å²) in [4.78, 5) is 28.5. The van der Waals surface area contributed by atoms with Crippen molar-refractivity contribution in [3.05, 3.63) is 82.9 Å². The Morgan fingerprint density at radius 1 is 1.00 bits per heavy atom. The first kappa shape index (κ1) is 25.2. The number of nitrogens with one attached hydrogen (secondary N) is 1. The van der Waals surface area contributed by atoms with E-state index in [0.29, 0.717) is 19.1 Å². The Kier molecular flexibility index (Phi) is 6.06. The Morgan fingerprint density at radius 2 is 1.69 bits per heavy atom. The van der Waals surface area contributed by atoms with Gasteiger partial charge in [-0.3, -0.25) is 9.78 Å². The molecule has 0 spiro atoms. The van der Waals surface area contributed by atoms with Crippen molar-refractivity contribution >= 4 is 17.6 Å². The van der Waals surface area contributed by atoms with Crippen molar-refractivity contribution in [2.45, 2.75) is 37.3 Å². The number of hydrogen-bond donors (Lipinski definition) is 2. The number of halogens is 6. The molecule has 1 amide bonds. The van der Waals surface area contributed by atoms with Gasteiger partial charge >= 0.3 is 12.1 Å². The Balaban J connectivity index is 1.60. The molecule has 3 aromatic rings. The molecule has 1 heterocycles. The van der Waals surface area contributed by atoms with E-state index in [1.807, 2.05) is 0 Å². The summed E-state index contributed by atoms with van der Waals surface area (Å²) in [6, 6.07) is 8.24. The zero-order chi connectivity index (χ0) is 26.5. The van der Waals surface area contributed by atoms with Crippen LogP contribution in [0.4, 0.5) is 32.0 Å². The number of carboxylic acids is 1. The normalized spacial score (nSPS) is 14.9. The lowest BCUT2D eigenvalue weighted by atomic mass is 9.93. The van der Waals surface area contributed by atoms with E-state index in [1.54, 1.807) is 0 Å². The highest BCUT2D eigenvalue weighted by Crippen LogP contribution is 2.50. The first-order valence-electron chi connectivity index (χ1n) is 10.6. The lowest BCUT2D eigenvalue weighted by Gasteiger charge is -2.18. The van der Waals surface area contributed by atoms with Crippen molar-refractivity contribution in [3.8, 4) is 11.1 Å². The van der Waals surface area contributed by atoms with Crippen LogP contribution in [0.2, 0.25) is 0 Å². The number of benzene rings is 2. The number of rotatable bonds is 6. The van der Waals surface area contributed by atoms with Crippen molar-refractivity contribution in [2.24, 2.45) is 0 Å². The van der Waals surface area contributed by atoms with Gasteiger partial charge < -0.3 is 10.4 Å². The molecule has 0 atom stereocenters. The highest BCUT2D eigenvalue weighted by atomic mass is 19.4. The van der Waals surface area contributed by atoms with Gasteiger partial charge in [0.1, 0.15) is 11.5 Å². The average molecular weight is 508 g/mol. The summed E-state index contributed by atoms with van der Waals surface area (Å²) in [6.45, 7) is 0.679. The summed E-state index contributed by atoms with van der Waals surface area (Å²) in [5.41, 5.74) is -2.99. The van der Waals surface area contributed by atoms with E-state index in [1.165, 1.54) is 18.2 Å². The Labute approximate surface area is 200 Å². The third-order valence-corrected chi connectivity index (χ3v) is 6.03. The first-order chi connectivity index (χ1) is 16.7. The highest BCUT2D eigenvalue weighted by Gasteiger charge is 2.53. The number of carbonyl (C=O) groups excluding carboxylic acids is 1. The van der Waals surface area contributed by atoms with Gasteiger partial charge in [0.2, 0.25) is 5.91 Å². The van der Waals surface area contributed by atoms with E-state index in [2.05, 4.69) is 10.3 Å². The van der Waals surface area contributed by atoms with Gasteiger partial charge in [-0.1, -0.05) is 18.2 Å². The predicted molar refractivity (Wildman–Crippen MR) is 117 cm³/mol. The minimum absolute atomic E-state index is 0.0596. The van der Waals surface area contributed by atoms with Crippen molar-refractivity contribution in [1.82, 2.24) is 4.98 Å². The second-order valence-corrected chi connectivity index (χ2v) is 8.61. The molecule has 2 aromatic carbocycles. The average Bonchev–Trinajstić information content (AvgIpc) is 3.60. The van der Waals surface area contributed by atoms with Gasteiger partial charge in [0, 0.05) is 29.9 Å². The standard InChI is InChI=1S/C25H18F6N2O3/c1-23(27,28)20-7-2-13(12-32-20)16-5-4-15(11-17(16)21(34)35)33-22(36)24(8-9-24)18-6-3-14(10-19(18)26)25(29,30)31/h2-7,10-12H,8-9H2,1H3,(H,33,36)(H,34,35). The van der Waals surface area contributed by atoms with Crippen LogP contribution in [-0.2, 0) is 22.3 Å². The highest BCUT2D eigenvalue weighted by molar-refractivity contribution is 6.03. The van der Waals surface area contributed by atoms with Crippen molar-refractivity contribution in [3.63, 3.8) is 0 Å². The number of pyridine rings is 1. The van der Waals surface area contributed by atoms with Crippen LogP contribution < -0.4 is 5.32 Å². The fourth-order valence-corrected chi connectivity index (χ4v) is 3.94. The topological polar surface area (TPSA) is 79.3 Å². The third kappa shape index (κ3) is 4.77. The van der Waals surface area contributed by atoms with Crippen LogP contribution in [0.15, 0.2) is 54.7 Å². The van der Waals surface area contributed by atoms with Gasteiger partial charge in [-0.2, -0.15) is 22.0 Å². The molecule has 11 heteroatoms. The number of alkyl halides is 5. The maximum absolute atomic E-state index is 14.5. The summed E-state index contributed by atoms with van der Waals surface area (Å²) >= 11 is 0. The van der Waals surface area contributed by atoms with Gasteiger partial charge in [0.15, 0.2) is 0 Å². The van der Waals surface area contributed by atoms with E-state index in [0.717, 1.165) is 24.4 Å². The minimum atomic E-state index is -4.74. The van der Waals surface area contributed by atoms with Gasteiger partial charge in [0.25, 0.3) is 5.92 Å². The van der Waals surface area contributed by atoms with Crippen molar-refractivity contribution < 1.29 is 41.0 Å². The SMILES string of the molecule is CC(F)(F)c1ccc(-c2ccc(NC(=O)C3(c4ccc(C(F)(F)F)cc4F)CC3)cc2C(=O)O)cn1. The number of anilines is 1. The number of carbonyl (C=O) groups is 2. The van der Waals surface area contributed by atoms with Gasteiger partial charge in [-0.05, 0) is 48.7 Å². The molecule has 5 nitrogen and oxygen atoms in total. The summed E-state index contributed by atoms with van der Waals surface area (Å²) < 4.78 is 79.9. The van der Waals surface area contributed by atoms with Gasteiger partial charge in [-0.15, -0.1) is 0 Å². The number of carboxylic acid groups (broad SMARTS) is 1. The predicted octanol–water partition coefficient (Wildman–Crippen LogP) is 6.39. The second-order valence-electron chi connectivity index (χ2n) is 8.61. The van der Waals surface area contributed by atoms with Crippen LogP contribution in [0.25, 0.3) is 11.1 Å². The molecule has 4 rings (SSSR count). The number of amides is 1. The largest absolute Gasteiger partial charge is 0.478 e. The molecule has 1 aliphatic rings. The molecule has 0 saturated heterocycles. The summed E-state index contributed by atoms with van der Waals surface area (Å²) in [5.74, 6) is -6.39. The van der Waals surface area contributed by atoms with Crippen LogP contribution in [0, 0.1) is 5.82 Å². The molecule has 0 aliphatic heterocycles. The second kappa shape index (κ2) is 8.65. The summed E-state index contributed by atoms with van der Waals surface area (Å²) in [7, 11) is 0. The van der Waals surface area contributed by atoms with E-state index in [4.69, 9.17) is 0 Å². The fourth-order valence-electron chi connectivity index (χ4n) is 3.94. The van der Waals surface area contributed by atoms with Crippen LogP contribution in [-0.4, -0.2) is 22.0 Å². The molecule has 1 saturated carbocycles. The van der Waals surface area contributed by atoms with E-state index in [-0.39, 0.29) is 40.8 Å². The Bertz CT molecular complexity index is 1340. The molecule has 0 radical (unpaired) electrons. The first-order valence-corrected chi connectivity index (χ1v) is 10.6. The van der Waals surface area contributed by atoms with Crippen LogP contribution in [0.3, 0.4) is 0 Å². The zero-order valence-corrected chi connectivity index (χ0v) is 18.6. The van der Waals surface area contributed by atoms with Crippen LogP contribution in [0.1, 0.15) is 46.9 Å². The molecule has 36 heavy (non-hydrogen) atoms. The van der Waals surface area contributed by atoms with Crippen molar-refractivity contribution in [1.29, 1.82) is 0 Å². The molecule has 0 bridgehead atoms. The zero-order valence-electron chi connectivity index (χ0n) is 18.6. The van der Waals surface area contributed by atoms with Gasteiger partial charge in [0.05, 0.1) is 16.5 Å². The minimum Gasteiger partial charge on any atom is -0.478 e. The summed E-state index contributed by atoms with van der Waals surface area (Å²) in [6.07, 6.45) is -3.23. The molecule has 1 aromatic heterocycles. The smallest absolute Gasteiger partial charge is 0.416 e. The Morgan fingerprint density at radius 3 is 2.19 bits per heavy atom. The molecule has 0 unspecified atom stereocenters. The number of aromatic nitrogens is 1. The maximum Gasteiger partial charge on any atom is 0.416 e. The number of hydrogen-bond acceptors (Lipinski definition) is 3. The van der Waals surface area contributed by atoms with E-state index < -0.39 is 46.5 Å². The van der Waals surface area contributed by atoms with Crippen LogP contribution >= 0.6 is 0 Å². The maximum atomic E-state index is 14.5. The monoisotopic (exact) mass is 508 g/mol. The molecule has 1 aliphatic carbocycles. The van der Waals surface area contributed by atoms with E-state index in [9.17, 15) is 41.0 Å². The summed E-state index contributed by atoms with van der Waals surface area (Å²) in [5, 5.41) is 12.2. The lowest BCUT2D eigenvalue weighted by molar-refractivity contribution is -0.137. The fraction of sp³-hybridized carbons (Fsp3) is 0.240. The molecule has 2 N–H and O–H groups in total. The quantitative estimate of drug-likeness (QED) is 0.379. The molecular weight excluding hydrogens is 490 g/mol. The van der Waals surface area contributed by atoms with Crippen LogP contribution in [0.5, 0.6) is 0 Å².